The fraction of sp³-hybridized carbons (Fsp3) is 0.0556. The number of rotatable bonds is 5. The van der Waals surface area contributed by atoms with Crippen molar-refractivity contribution in [2.45, 2.75) is 19.3 Å². The van der Waals surface area contributed by atoms with Crippen LogP contribution in [0.15, 0.2) is 182 Å². The van der Waals surface area contributed by atoms with E-state index < -0.39 is 18.1 Å². The third-order valence-electron chi connectivity index (χ3n) is 11.9. The molecule has 5 heteroatoms. The van der Waals surface area contributed by atoms with E-state index in [2.05, 4.69) is 158 Å². The first-order chi connectivity index (χ1) is 31.1. The van der Waals surface area contributed by atoms with Gasteiger partial charge in [-0.2, -0.15) is 0 Å². The topological polar surface area (TPSA) is 43.6 Å². The van der Waals surface area contributed by atoms with Crippen molar-refractivity contribution in [2.75, 3.05) is 0 Å². The molecule has 1 aliphatic carbocycles. The van der Waals surface area contributed by atoms with E-state index in [4.69, 9.17) is 21.8 Å². The molecular weight excluding hydrogens is 737 g/mol. The van der Waals surface area contributed by atoms with E-state index in [0.29, 0.717) is 11.6 Å². The van der Waals surface area contributed by atoms with Crippen LogP contribution in [0.2, 0.25) is 0 Å². The molecule has 0 aliphatic heterocycles. The molecule has 1 aliphatic rings. The highest BCUT2D eigenvalue weighted by Gasteiger charge is 2.35. The van der Waals surface area contributed by atoms with Crippen LogP contribution in [0.5, 0.6) is 0 Å². The fourth-order valence-corrected chi connectivity index (χ4v) is 10.4. The van der Waals surface area contributed by atoms with Crippen LogP contribution >= 0.6 is 11.3 Å². The molecule has 0 radical (unpaired) electrons. The van der Waals surface area contributed by atoms with Gasteiger partial charge in [0.2, 0.25) is 0 Å². The van der Waals surface area contributed by atoms with Gasteiger partial charge in [-0.05, 0) is 69.8 Å². The second-order valence-corrected chi connectivity index (χ2v) is 16.7. The number of nitrogens with zero attached hydrogens (tertiary/aromatic N) is 4. The number of thiophene rings is 1. The summed E-state index contributed by atoms with van der Waals surface area (Å²) in [5.74, 6) is 0.666. The summed E-state index contributed by atoms with van der Waals surface area (Å²) in [5.41, 5.74) is 11.0. The highest BCUT2D eigenvalue weighted by molar-refractivity contribution is 7.26. The van der Waals surface area contributed by atoms with E-state index in [1.807, 2.05) is 12.1 Å². The first-order valence-corrected chi connectivity index (χ1v) is 20.5. The molecule has 0 saturated carbocycles. The molecule has 0 fully saturated rings. The minimum Gasteiger partial charge on any atom is -0.309 e. The zero-order valence-corrected chi connectivity index (χ0v) is 32.9. The molecule has 11 aromatic rings. The van der Waals surface area contributed by atoms with Gasteiger partial charge in [-0.25, -0.2) is 15.0 Å². The average Bonchev–Trinajstić information content (AvgIpc) is 3.95. The second kappa shape index (κ2) is 12.9. The Balaban J connectivity index is 1.20. The predicted molar refractivity (Wildman–Crippen MR) is 246 cm³/mol. The van der Waals surface area contributed by atoms with Gasteiger partial charge in [-0.1, -0.05) is 159 Å². The van der Waals surface area contributed by atoms with Gasteiger partial charge in [0.05, 0.1) is 17.9 Å². The number of benzene rings is 8. The molecule has 0 saturated heterocycles. The molecule has 3 heterocycles. The van der Waals surface area contributed by atoms with Crippen LogP contribution in [0.4, 0.5) is 0 Å². The van der Waals surface area contributed by atoms with Crippen LogP contribution in [0.1, 0.15) is 31.8 Å². The average molecular weight is 778 g/mol. The summed E-state index contributed by atoms with van der Waals surface area (Å²) in [7, 11) is 0. The lowest BCUT2D eigenvalue weighted by Crippen LogP contribution is -2.15. The third-order valence-corrected chi connectivity index (χ3v) is 13.2. The summed E-state index contributed by atoms with van der Waals surface area (Å²) < 4.78 is 48.1. The number of hydrogen-bond acceptors (Lipinski definition) is 4. The van der Waals surface area contributed by atoms with Crippen LogP contribution in [0.3, 0.4) is 0 Å². The number of para-hydroxylation sites is 2. The zero-order chi connectivity index (χ0) is 43.6. The van der Waals surface area contributed by atoms with Gasteiger partial charge >= 0.3 is 0 Å². The Labute approximate surface area is 352 Å². The van der Waals surface area contributed by atoms with Gasteiger partial charge in [0.25, 0.3) is 0 Å². The van der Waals surface area contributed by atoms with Crippen molar-refractivity contribution in [2.24, 2.45) is 0 Å². The second-order valence-electron chi connectivity index (χ2n) is 15.6. The molecule has 278 valence electrons. The summed E-state index contributed by atoms with van der Waals surface area (Å²) >= 11 is 1.66. The Morgan fingerprint density at radius 2 is 1.14 bits per heavy atom. The number of aromatic nitrogens is 4. The van der Waals surface area contributed by atoms with Crippen molar-refractivity contribution >= 4 is 53.3 Å². The maximum Gasteiger partial charge on any atom is 0.165 e. The molecular formula is C54H36N4S. The molecule has 3 aromatic heterocycles. The first kappa shape index (κ1) is 29.1. The molecule has 0 spiro atoms. The lowest BCUT2D eigenvalue weighted by Gasteiger charge is -2.21. The van der Waals surface area contributed by atoms with Crippen molar-refractivity contribution in [3.63, 3.8) is 0 Å². The Hall–Kier alpha value is -7.21. The standard InChI is InChI=1S/C54H36N4S/c1-54(2)44-24-12-9-20-38(44)39-29-28-35(30-45(39)54)52-55-51(34-18-7-4-8-19-34)56-53(57-52)43-32-36(58-46-25-13-10-21-40(46)41-22-11-14-26-47(41)58)31-42-49-37(33-16-5-3-6-17-33)23-15-27-48(49)59-50(42)43/h3-32H,1-2H3/i4D,7D,8D,18D,19D. The Morgan fingerprint density at radius 3 is 1.92 bits per heavy atom. The maximum atomic E-state index is 9.07. The minimum absolute atomic E-state index is 0.00143. The summed E-state index contributed by atoms with van der Waals surface area (Å²) in [5, 5.41) is 4.40. The van der Waals surface area contributed by atoms with Crippen molar-refractivity contribution < 1.29 is 6.85 Å². The quantitative estimate of drug-likeness (QED) is 0.175. The van der Waals surface area contributed by atoms with Crippen molar-refractivity contribution in [1.82, 2.24) is 19.5 Å². The van der Waals surface area contributed by atoms with Crippen LogP contribution < -0.4 is 0 Å². The fourth-order valence-electron chi connectivity index (χ4n) is 9.21. The van der Waals surface area contributed by atoms with Gasteiger partial charge in [0, 0.05) is 58.7 Å². The molecule has 59 heavy (non-hydrogen) atoms. The molecule has 0 unspecified atom stereocenters. The van der Waals surface area contributed by atoms with E-state index in [-0.39, 0.29) is 28.9 Å². The van der Waals surface area contributed by atoms with Crippen LogP contribution in [0, 0.1) is 0 Å². The lowest BCUT2D eigenvalue weighted by atomic mass is 9.82. The molecule has 0 N–H and O–H groups in total. The normalized spacial score (nSPS) is 14.2. The highest BCUT2D eigenvalue weighted by Crippen LogP contribution is 2.50. The van der Waals surface area contributed by atoms with Crippen molar-refractivity contribution in [3.8, 4) is 62.1 Å². The summed E-state index contributed by atoms with van der Waals surface area (Å²) in [6.07, 6.45) is 0. The summed E-state index contributed by atoms with van der Waals surface area (Å²) in [6.45, 7) is 4.45. The number of hydrogen-bond donors (Lipinski definition) is 0. The number of fused-ring (bicyclic) bond motifs is 9. The lowest BCUT2D eigenvalue weighted by molar-refractivity contribution is 0.660. The largest absolute Gasteiger partial charge is 0.309 e. The Morgan fingerprint density at radius 1 is 0.492 bits per heavy atom. The summed E-state index contributed by atoms with van der Waals surface area (Å²) in [4.78, 5) is 15.4. The van der Waals surface area contributed by atoms with Crippen molar-refractivity contribution in [3.05, 3.63) is 193 Å². The van der Waals surface area contributed by atoms with Crippen LogP contribution in [0.25, 0.3) is 104 Å². The van der Waals surface area contributed by atoms with Gasteiger partial charge in [0.1, 0.15) is 0 Å². The zero-order valence-electron chi connectivity index (χ0n) is 37.1. The van der Waals surface area contributed by atoms with Gasteiger partial charge in [-0.15, -0.1) is 11.3 Å². The van der Waals surface area contributed by atoms with E-state index in [1.54, 1.807) is 11.3 Å². The Kier molecular flexibility index (Phi) is 6.36. The molecule has 0 atom stereocenters. The SMILES string of the molecule is [2H]c1c([2H])c([2H])c(-c2nc(-c3ccc4c(c3)C(C)(C)c3ccccc3-4)nc(-c3cc(-n4c5ccccc5c5ccccc54)cc4c3sc3cccc(-c5ccccc5)c34)n2)c([2H])c1[2H]. The highest BCUT2D eigenvalue weighted by atomic mass is 32.1. The van der Waals surface area contributed by atoms with Gasteiger partial charge in [0.15, 0.2) is 17.5 Å². The van der Waals surface area contributed by atoms with E-state index >= 15 is 0 Å². The third kappa shape index (κ3) is 5.18. The molecule has 0 bridgehead atoms. The smallest absolute Gasteiger partial charge is 0.165 e. The maximum absolute atomic E-state index is 9.07. The molecule has 8 aromatic carbocycles. The van der Waals surface area contributed by atoms with E-state index in [0.717, 1.165) is 81.0 Å². The molecule has 12 rings (SSSR count). The first-order valence-electron chi connectivity index (χ1n) is 22.2. The minimum atomic E-state index is -0.478. The van der Waals surface area contributed by atoms with Gasteiger partial charge < -0.3 is 4.57 Å². The van der Waals surface area contributed by atoms with E-state index in [1.165, 1.54) is 11.1 Å². The van der Waals surface area contributed by atoms with Crippen LogP contribution in [-0.4, -0.2) is 19.5 Å². The van der Waals surface area contributed by atoms with Crippen LogP contribution in [-0.2, 0) is 5.41 Å². The van der Waals surface area contributed by atoms with E-state index in [9.17, 15) is 0 Å². The van der Waals surface area contributed by atoms with Crippen molar-refractivity contribution in [1.29, 1.82) is 0 Å². The molecule has 4 nitrogen and oxygen atoms in total. The summed E-state index contributed by atoms with van der Waals surface area (Å²) in [6, 6.07) is 50.7. The Bertz CT molecular complexity index is 3700. The monoisotopic (exact) mass is 777 g/mol. The predicted octanol–water partition coefficient (Wildman–Crippen LogP) is 14.3. The van der Waals surface area contributed by atoms with Gasteiger partial charge in [-0.3, -0.25) is 0 Å². The molecule has 0 amide bonds.